The number of methoxy groups -OCH3 is 1. The van der Waals surface area contributed by atoms with Gasteiger partial charge in [0, 0.05) is 19.3 Å². The highest BCUT2D eigenvalue weighted by atomic mass is 17.2. The lowest BCUT2D eigenvalue weighted by Crippen LogP contribution is -2.58. The Morgan fingerprint density at radius 3 is 1.11 bits per heavy atom. The van der Waals surface area contributed by atoms with E-state index in [0.29, 0.717) is 58.0 Å². The molecule has 0 bridgehead atoms. The molecule has 0 aliphatic heterocycles. The zero-order valence-electron chi connectivity index (χ0n) is 56.3. The van der Waals surface area contributed by atoms with Crippen LogP contribution in [0.2, 0.25) is 0 Å². The zero-order chi connectivity index (χ0) is 78.3. The number of aldehydes is 1. The molecule has 0 radical (unpaired) electrons. The van der Waals surface area contributed by atoms with E-state index in [1.807, 2.05) is 6.08 Å². The first-order valence-corrected chi connectivity index (χ1v) is 29.0. The normalized spacial score (nSPS) is 9.50. The molecule has 0 saturated heterocycles. The third-order valence-corrected chi connectivity index (χ3v) is 10.3. The van der Waals surface area contributed by atoms with Crippen LogP contribution in [0.25, 0.3) is 0 Å². The molecule has 2 aromatic rings. The maximum absolute atomic E-state index is 12.6. The maximum Gasteiger partial charge on any atom is 0.403 e. The van der Waals surface area contributed by atoms with Gasteiger partial charge < -0.3 is 47.8 Å². The smallest absolute Gasteiger partial charge is 0.403 e. The summed E-state index contributed by atoms with van der Waals surface area (Å²) in [5.41, 5.74) is -7.28. The molecule has 36 nitrogen and oxygen atoms in total. The van der Waals surface area contributed by atoms with Crippen molar-refractivity contribution in [2.24, 2.45) is 0 Å². The number of unbranched alkanes of at least 4 members (excludes halogenated alkanes) is 1. The van der Waals surface area contributed by atoms with Gasteiger partial charge in [0.15, 0.2) is 17.3 Å². The largest absolute Gasteiger partial charge is 0.461 e. The van der Waals surface area contributed by atoms with Crippen molar-refractivity contribution in [2.75, 3.05) is 93.0 Å². The summed E-state index contributed by atoms with van der Waals surface area (Å²) in [7, 11) is 1.61. The van der Waals surface area contributed by atoms with Gasteiger partial charge in [-0.15, -0.1) is 26.3 Å². The van der Waals surface area contributed by atoms with Gasteiger partial charge in [0.1, 0.15) is 71.9 Å². The second kappa shape index (κ2) is 63.2. The number of nitrogens with zero attached hydrogens (tertiary/aromatic N) is 6. The first kappa shape index (κ1) is 98.1. The van der Waals surface area contributed by atoms with E-state index in [-0.39, 0.29) is 97.1 Å². The lowest BCUT2D eigenvalue weighted by molar-refractivity contribution is -0.290. The maximum atomic E-state index is 12.6. The SMILES string of the molecule is C=C.C=CC(=O)C(=O)OCCn1c(=O)n(CCOC(=O)C(=O)C=C)c(=O)n(OC(=O)C(=O)C=C)c1=O.C=CC(=O)COCC(COCC(=O)C=C)OCC(=O)C=C.C=CC(=O)OCCn1c(=O)n(CCO)c(=O)n(CCOC(=O)C=C)c1=O.C=CC=O.C=CCCC.C=CCOOCCOC. The van der Waals surface area contributed by atoms with Crippen molar-refractivity contribution in [1.82, 2.24) is 27.6 Å². The molecule has 0 spiro atoms. The number of carbonyl (C=O) groups excluding carboxylic acids is 12. The Hall–Kier alpha value is -11.5. The van der Waals surface area contributed by atoms with Crippen LogP contribution in [0, 0.1) is 0 Å². The molecule has 0 fully saturated rings. The minimum Gasteiger partial charge on any atom is -0.461 e. The number of rotatable bonds is 46. The number of ketones is 6. The fourth-order valence-electron chi connectivity index (χ4n) is 5.58. The molecule has 0 amide bonds. The minimum atomic E-state index is -1.70. The van der Waals surface area contributed by atoms with Crippen molar-refractivity contribution in [3.05, 3.63) is 215 Å². The molecule has 2 rings (SSSR count). The number of aliphatic hydroxyl groups excluding tert-OH is 1. The van der Waals surface area contributed by atoms with Gasteiger partial charge in [-0.3, -0.25) is 33.6 Å². The molecular formula is C65H86N6O30. The summed E-state index contributed by atoms with van der Waals surface area (Å²) in [5, 5.41) is 9.03. The summed E-state index contributed by atoms with van der Waals surface area (Å²) >= 11 is 0. The molecule has 1 N–H and O–H groups in total. The number of ether oxygens (including phenoxy) is 8. The van der Waals surface area contributed by atoms with Gasteiger partial charge >= 0.3 is 64.0 Å². The van der Waals surface area contributed by atoms with Crippen LogP contribution in [0.3, 0.4) is 0 Å². The number of carbonyl (C=O) groups is 12. The summed E-state index contributed by atoms with van der Waals surface area (Å²) in [4.78, 5) is 221. The number of aromatic nitrogens is 6. The number of allylic oxidation sites excluding steroid dienone is 2. The lowest BCUT2D eigenvalue weighted by atomic mass is 10.3. The van der Waals surface area contributed by atoms with Gasteiger partial charge in [0.2, 0.25) is 0 Å². The van der Waals surface area contributed by atoms with E-state index >= 15 is 0 Å². The fraction of sp³-hybridized carbons (Fsp3) is 0.354. The van der Waals surface area contributed by atoms with Crippen molar-refractivity contribution in [1.29, 1.82) is 0 Å². The van der Waals surface area contributed by atoms with Gasteiger partial charge in [-0.2, -0.15) is 0 Å². The van der Waals surface area contributed by atoms with Crippen molar-refractivity contribution in [2.45, 2.75) is 58.6 Å². The van der Waals surface area contributed by atoms with E-state index in [4.69, 9.17) is 38.3 Å². The molecule has 0 atom stereocenters. The van der Waals surface area contributed by atoms with Crippen LogP contribution in [0.1, 0.15) is 19.8 Å². The Labute approximate surface area is 578 Å². The van der Waals surface area contributed by atoms with Gasteiger partial charge in [0.05, 0.1) is 59.2 Å². The lowest BCUT2D eigenvalue weighted by Gasteiger charge is -2.17. The third-order valence-electron chi connectivity index (χ3n) is 10.3. The number of hydrogen-bond donors (Lipinski definition) is 1. The van der Waals surface area contributed by atoms with Crippen LogP contribution in [0.5, 0.6) is 0 Å². The van der Waals surface area contributed by atoms with Crippen LogP contribution >= 0.6 is 0 Å². The highest BCUT2D eigenvalue weighted by molar-refractivity contribution is 6.39. The summed E-state index contributed by atoms with van der Waals surface area (Å²) in [6.45, 7) is 39.9. The Morgan fingerprint density at radius 1 is 0.446 bits per heavy atom. The average molecular weight is 1430 g/mol. The molecule has 0 aliphatic carbocycles. The Bertz CT molecular complexity index is 3370. The van der Waals surface area contributed by atoms with Gasteiger partial charge in [-0.25, -0.2) is 85.4 Å². The van der Waals surface area contributed by atoms with Gasteiger partial charge in [-0.05, 0) is 49.0 Å². The number of esters is 4. The first-order valence-electron chi connectivity index (χ1n) is 29.0. The molecule has 0 aromatic carbocycles. The predicted molar refractivity (Wildman–Crippen MR) is 361 cm³/mol. The molecule has 0 unspecified atom stereocenters. The standard InChI is InChI=1S/C19H17N3O12.C15H19N3O8.C15H20O6.C6H12O3.C5H10.C3H4O.C2H4/c1-4-11(23)14(26)32-9-7-20-17(29)21(8-10-33-15(27)12(24)5-2)19(31)22(18(20)30)34-16(28)13(25)6-3;1-3-11(20)25-9-6-17-13(22)16(5-8-19)14(23)18(15(17)24)7-10-26-12(21)4-2;1-4-12(16)7-19-10-15(21-9-14(18)6-3)11-20-8-13(17)5-2;1-3-4-8-9-6-5-7-2;1-3-5-4-2;1-2-3-4;1-2/h4-6H,1-3,7-10H2;3-4,19H,1-2,5-10H2;4-6,15H,1-3,7-11H2;3H,1,4-6H2,2H3;3H,1,4-5H2,2H3;2-3H,1H2;1-2H2. The van der Waals surface area contributed by atoms with E-state index in [1.54, 1.807) is 13.2 Å². The topological polar surface area (TPSA) is 459 Å². The van der Waals surface area contributed by atoms with Crippen molar-refractivity contribution >= 4 is 70.8 Å². The van der Waals surface area contributed by atoms with Crippen LogP contribution in [-0.4, -0.2) is 203 Å². The molecule has 36 heteroatoms. The monoisotopic (exact) mass is 1430 g/mol. The first-order chi connectivity index (χ1) is 48.1. The van der Waals surface area contributed by atoms with Crippen LogP contribution in [-0.2, 0) is 138 Å². The summed E-state index contributed by atoms with van der Waals surface area (Å²) in [6.07, 6.45) is 14.3. The molecule has 101 heavy (non-hydrogen) atoms. The van der Waals surface area contributed by atoms with Crippen molar-refractivity contribution in [3.63, 3.8) is 0 Å². The quantitative estimate of drug-likeness (QED) is 0.00925. The van der Waals surface area contributed by atoms with Gasteiger partial charge in [0.25, 0.3) is 17.3 Å². The fourth-order valence-corrected chi connectivity index (χ4v) is 5.58. The number of aliphatic hydroxyl groups is 1. The third kappa shape index (κ3) is 44.8. The summed E-state index contributed by atoms with van der Waals surface area (Å²) in [6, 6.07) is 0. The van der Waals surface area contributed by atoms with E-state index in [9.17, 15) is 81.5 Å². The van der Waals surface area contributed by atoms with Crippen LogP contribution < -0.4 is 39.0 Å². The molecular weight excluding hydrogens is 1340 g/mol. The summed E-state index contributed by atoms with van der Waals surface area (Å²) in [5.74, 6) is -10.2. The molecule has 0 saturated carbocycles. The Balaban J connectivity index is -0.000000408. The van der Waals surface area contributed by atoms with Crippen LogP contribution in [0.4, 0.5) is 0 Å². The molecule has 2 aromatic heterocycles. The van der Waals surface area contributed by atoms with E-state index < -0.39 is 120 Å². The Kier molecular flexibility index (Phi) is 61.4. The highest BCUT2D eigenvalue weighted by Crippen LogP contribution is 1.98. The minimum absolute atomic E-state index is 0.0479. The molecule has 2 heterocycles. The van der Waals surface area contributed by atoms with Crippen molar-refractivity contribution < 1.29 is 115 Å². The number of hydrogen-bond acceptors (Lipinski definition) is 30. The second-order valence-electron chi connectivity index (χ2n) is 17.4. The van der Waals surface area contributed by atoms with Gasteiger partial charge in [-0.1, -0.05) is 89.4 Å². The average Bonchev–Trinajstić information content (AvgIpc) is 0.794. The molecule has 556 valence electrons. The van der Waals surface area contributed by atoms with E-state index in [1.165, 1.54) is 12.5 Å². The zero-order valence-corrected chi connectivity index (χ0v) is 56.3. The molecule has 0 aliphatic rings. The van der Waals surface area contributed by atoms with E-state index in [0.717, 1.165) is 36.8 Å². The summed E-state index contributed by atoms with van der Waals surface area (Å²) < 4.78 is 41.1. The highest BCUT2D eigenvalue weighted by Gasteiger charge is 2.23. The Morgan fingerprint density at radius 2 is 0.802 bits per heavy atom. The van der Waals surface area contributed by atoms with Crippen LogP contribution in [0.15, 0.2) is 181 Å². The van der Waals surface area contributed by atoms with Crippen molar-refractivity contribution in [3.8, 4) is 0 Å². The van der Waals surface area contributed by atoms with E-state index in [2.05, 4.69) is 117 Å². The second-order valence-corrected chi connectivity index (χ2v) is 17.4. The predicted octanol–water partition coefficient (Wildman–Crippen LogP) is -1.32.